The van der Waals surface area contributed by atoms with Gasteiger partial charge in [0.15, 0.2) is 0 Å². The van der Waals surface area contributed by atoms with E-state index >= 15 is 0 Å². The van der Waals surface area contributed by atoms with Crippen molar-refractivity contribution < 1.29 is 0 Å². The van der Waals surface area contributed by atoms with Crippen molar-refractivity contribution in [2.24, 2.45) is 0 Å². The van der Waals surface area contributed by atoms with Gasteiger partial charge in [0.25, 0.3) is 0 Å². The molecule has 2 nitrogen and oxygen atoms in total. The van der Waals surface area contributed by atoms with Crippen LogP contribution in [0, 0.1) is 0 Å². The van der Waals surface area contributed by atoms with Crippen molar-refractivity contribution >= 4 is 64.9 Å². The van der Waals surface area contributed by atoms with Crippen molar-refractivity contribution in [3.63, 3.8) is 0 Å². The lowest BCUT2D eigenvalue weighted by Gasteiger charge is -2.12. The summed E-state index contributed by atoms with van der Waals surface area (Å²) in [4.78, 5) is 9.25. The standard InChI is InChI=1S/C34H22N2/c1-3-11-25-23(9-1)17-19-31-32(36-22-21-35-31)20-18-24-10-2-4-12-26(24)34-29-15-7-5-13-27(29)33(25)28-14-6-8-16-30(28)34/h1-22H. The maximum Gasteiger partial charge on any atom is 0.0886 e. The largest absolute Gasteiger partial charge is 0.253 e. The van der Waals surface area contributed by atoms with Gasteiger partial charge < -0.3 is 0 Å². The smallest absolute Gasteiger partial charge is 0.0886 e. The average Bonchev–Trinajstić information content (AvgIpc) is 2.94. The second kappa shape index (κ2) is 8.44. The van der Waals surface area contributed by atoms with Crippen LogP contribution in [0.1, 0.15) is 0 Å². The summed E-state index contributed by atoms with van der Waals surface area (Å²) in [5.41, 5.74) is 1.70. The molecule has 0 unspecified atom stereocenters. The zero-order chi connectivity index (χ0) is 23.9. The van der Waals surface area contributed by atoms with E-state index in [4.69, 9.17) is 0 Å². The molecule has 8 aromatic rings. The number of benzene rings is 5. The molecule has 0 aliphatic heterocycles. The third-order valence-electron chi connectivity index (χ3n) is 6.99. The average molecular weight is 459 g/mol. The van der Waals surface area contributed by atoms with Crippen LogP contribution in [-0.4, -0.2) is 9.97 Å². The van der Waals surface area contributed by atoms with Crippen LogP contribution >= 0.6 is 0 Å². The second-order valence-corrected chi connectivity index (χ2v) is 9.01. The molecule has 0 spiro atoms. The van der Waals surface area contributed by atoms with Gasteiger partial charge in [-0.1, -0.05) is 109 Å². The van der Waals surface area contributed by atoms with Crippen LogP contribution in [0.3, 0.4) is 0 Å². The van der Waals surface area contributed by atoms with E-state index in [2.05, 4.69) is 131 Å². The van der Waals surface area contributed by atoms with Crippen LogP contribution in [0.2, 0.25) is 0 Å². The maximum atomic E-state index is 4.63. The highest BCUT2D eigenvalue weighted by molar-refractivity contribution is 6.34. The van der Waals surface area contributed by atoms with Gasteiger partial charge >= 0.3 is 0 Å². The van der Waals surface area contributed by atoms with Gasteiger partial charge in [0.1, 0.15) is 0 Å². The molecule has 0 atom stereocenters. The van der Waals surface area contributed by atoms with Crippen molar-refractivity contribution in [1.82, 2.24) is 9.97 Å². The van der Waals surface area contributed by atoms with Gasteiger partial charge in [-0.05, 0) is 66.0 Å². The van der Waals surface area contributed by atoms with E-state index in [9.17, 15) is 0 Å². The SMILES string of the molecule is c1ccc2c(c1)ccc1nccnc1ccc1ccccc1c1c3ccccc3c2c2ccccc21. The summed E-state index contributed by atoms with van der Waals surface area (Å²) in [6.07, 6.45) is 3.50. The Kier molecular flexibility index (Phi) is 4.82. The third-order valence-corrected chi connectivity index (χ3v) is 6.99. The third kappa shape index (κ3) is 3.27. The molecule has 0 aliphatic rings. The molecular formula is C34H22N2. The number of fused-ring (bicyclic) bond motifs is 2. The molecular weight excluding hydrogens is 436 g/mol. The maximum absolute atomic E-state index is 4.63. The normalized spacial score (nSPS) is 11.3. The van der Waals surface area contributed by atoms with E-state index in [1.54, 1.807) is 12.4 Å². The minimum absolute atomic E-state index is 0.849. The molecule has 36 heavy (non-hydrogen) atoms. The zero-order valence-electron chi connectivity index (χ0n) is 19.6. The Morgan fingerprint density at radius 3 is 1.03 bits per heavy atom. The highest BCUT2D eigenvalue weighted by Gasteiger charge is 2.11. The molecule has 0 aliphatic carbocycles. The first-order chi connectivity index (χ1) is 17.9. The topological polar surface area (TPSA) is 25.8 Å². The Labute approximate surface area is 208 Å². The lowest BCUT2D eigenvalue weighted by molar-refractivity contribution is 1.30. The fourth-order valence-electron chi connectivity index (χ4n) is 5.40. The highest BCUT2D eigenvalue weighted by Crippen LogP contribution is 2.39. The number of nitrogens with zero attached hydrogens (tertiary/aromatic N) is 2. The van der Waals surface area contributed by atoms with E-state index in [1.165, 1.54) is 43.1 Å². The van der Waals surface area contributed by atoms with E-state index in [-0.39, 0.29) is 0 Å². The quantitative estimate of drug-likeness (QED) is 0.212. The van der Waals surface area contributed by atoms with Gasteiger partial charge in [-0.2, -0.15) is 0 Å². The molecule has 2 heteroatoms. The Bertz CT molecular complexity index is 1850. The number of hydrogen-bond donors (Lipinski definition) is 0. The number of hydrogen-bond acceptors (Lipinski definition) is 2. The number of rotatable bonds is 0. The van der Waals surface area contributed by atoms with E-state index in [0.717, 1.165) is 21.8 Å². The molecule has 7 aromatic carbocycles. The fraction of sp³-hybridized carbons (Fsp3) is 0. The number of aromatic nitrogens is 2. The minimum atomic E-state index is 0.849. The summed E-state index contributed by atoms with van der Waals surface area (Å²) in [6.45, 7) is 0. The van der Waals surface area contributed by atoms with Crippen LogP contribution in [0.4, 0.5) is 0 Å². The van der Waals surface area contributed by atoms with Gasteiger partial charge in [0, 0.05) is 12.4 Å². The van der Waals surface area contributed by atoms with Gasteiger partial charge in [-0.25, -0.2) is 0 Å². The Morgan fingerprint density at radius 2 is 0.639 bits per heavy atom. The Morgan fingerprint density at radius 1 is 0.306 bits per heavy atom. The predicted octanol–water partition coefficient (Wildman–Crippen LogP) is 9.08. The molecule has 0 fully saturated rings. The molecule has 0 saturated heterocycles. The van der Waals surface area contributed by atoms with Crippen LogP contribution in [0.25, 0.3) is 64.9 Å². The summed E-state index contributed by atoms with van der Waals surface area (Å²) >= 11 is 0. The zero-order valence-corrected chi connectivity index (χ0v) is 19.6. The first-order valence-corrected chi connectivity index (χ1v) is 12.2. The van der Waals surface area contributed by atoms with Gasteiger partial charge in [-0.15, -0.1) is 0 Å². The summed E-state index contributed by atoms with van der Waals surface area (Å²) in [5, 5.41) is 12.2. The predicted molar refractivity (Wildman–Crippen MR) is 154 cm³/mol. The van der Waals surface area contributed by atoms with Crippen LogP contribution in [-0.2, 0) is 0 Å². The molecule has 1 aromatic heterocycles. The van der Waals surface area contributed by atoms with Gasteiger partial charge in [-0.3, -0.25) is 9.97 Å². The molecule has 168 valence electrons. The molecule has 0 radical (unpaired) electrons. The van der Waals surface area contributed by atoms with Crippen molar-refractivity contribution in [3.8, 4) is 0 Å². The Hall–Kier alpha value is -4.82. The first-order valence-electron chi connectivity index (χ1n) is 12.2. The van der Waals surface area contributed by atoms with Crippen molar-refractivity contribution in [3.05, 3.63) is 134 Å². The Balaban J connectivity index is 1.92. The van der Waals surface area contributed by atoms with Crippen LogP contribution in [0.5, 0.6) is 0 Å². The van der Waals surface area contributed by atoms with E-state index in [0.29, 0.717) is 0 Å². The van der Waals surface area contributed by atoms with Crippen LogP contribution < -0.4 is 0 Å². The minimum Gasteiger partial charge on any atom is -0.253 e. The monoisotopic (exact) mass is 458 g/mol. The van der Waals surface area contributed by atoms with Crippen LogP contribution in [0.15, 0.2) is 134 Å². The van der Waals surface area contributed by atoms with E-state index in [1.807, 2.05) is 0 Å². The summed E-state index contributed by atoms with van der Waals surface area (Å²) in [7, 11) is 0. The van der Waals surface area contributed by atoms with E-state index < -0.39 is 0 Å². The van der Waals surface area contributed by atoms with Gasteiger partial charge in [0.2, 0.25) is 0 Å². The lowest BCUT2D eigenvalue weighted by atomic mass is 9.91. The molecule has 0 amide bonds. The molecule has 8 rings (SSSR count). The summed E-state index contributed by atoms with van der Waals surface area (Å²) < 4.78 is 0. The van der Waals surface area contributed by atoms with Crippen molar-refractivity contribution in [2.45, 2.75) is 0 Å². The van der Waals surface area contributed by atoms with Crippen molar-refractivity contribution in [2.75, 3.05) is 0 Å². The fourth-order valence-corrected chi connectivity index (χ4v) is 5.40. The molecule has 0 saturated carbocycles. The lowest BCUT2D eigenvalue weighted by Crippen LogP contribution is -1.85. The summed E-state index contributed by atoms with van der Waals surface area (Å²) in [5.74, 6) is 0. The van der Waals surface area contributed by atoms with Gasteiger partial charge in [0.05, 0.1) is 11.0 Å². The molecule has 0 N–H and O–H groups in total. The molecule has 1 heterocycles. The van der Waals surface area contributed by atoms with Crippen molar-refractivity contribution in [1.29, 1.82) is 0 Å². The molecule has 2 bridgehead atoms. The second-order valence-electron chi connectivity index (χ2n) is 9.01. The first kappa shape index (κ1) is 20.5. The summed E-state index contributed by atoms with van der Waals surface area (Å²) in [6, 6.07) is 43.3. The highest BCUT2D eigenvalue weighted by atomic mass is 14.8.